The number of thiophene rings is 1. The van der Waals surface area contributed by atoms with E-state index in [-0.39, 0.29) is 28.4 Å². The van der Waals surface area contributed by atoms with Crippen LogP contribution in [0, 0.1) is 6.92 Å². The quantitative estimate of drug-likeness (QED) is 0.548. The maximum atomic E-state index is 13.5. The number of fused-ring (bicyclic) bond motifs is 1. The van der Waals surface area contributed by atoms with Crippen molar-refractivity contribution in [2.45, 2.75) is 89.4 Å². The molecule has 0 aliphatic carbocycles. The lowest BCUT2D eigenvalue weighted by Gasteiger charge is -2.23. The smallest absolute Gasteiger partial charge is 0.263 e. The van der Waals surface area contributed by atoms with Crippen molar-refractivity contribution >= 4 is 39.2 Å². The molecule has 0 saturated carbocycles. The lowest BCUT2D eigenvalue weighted by atomic mass is 10.1. The first-order valence-corrected chi connectivity index (χ1v) is 11.9. The van der Waals surface area contributed by atoms with Crippen LogP contribution in [0.4, 0.5) is 0 Å². The second kappa shape index (κ2) is 8.78. The molecule has 1 N–H and O–H groups in total. The van der Waals surface area contributed by atoms with E-state index in [1.165, 1.54) is 11.8 Å². The van der Waals surface area contributed by atoms with Crippen LogP contribution in [0.25, 0.3) is 10.2 Å². The summed E-state index contributed by atoms with van der Waals surface area (Å²) in [6.45, 7) is 13.1. The van der Waals surface area contributed by atoms with Gasteiger partial charge in [-0.2, -0.15) is 0 Å². The molecule has 8 heteroatoms. The molecule has 29 heavy (non-hydrogen) atoms. The number of ether oxygens (including phenoxy) is 1. The highest BCUT2D eigenvalue weighted by atomic mass is 32.2. The molecule has 1 amide bonds. The van der Waals surface area contributed by atoms with Crippen LogP contribution >= 0.6 is 23.1 Å². The topological polar surface area (TPSA) is 73.2 Å². The molecule has 3 rings (SSSR count). The number of nitrogens with one attached hydrogen (secondary N) is 1. The van der Waals surface area contributed by atoms with Gasteiger partial charge < -0.3 is 10.1 Å². The largest absolute Gasteiger partial charge is 0.376 e. The Morgan fingerprint density at radius 2 is 2.17 bits per heavy atom. The third kappa shape index (κ3) is 5.03. The highest BCUT2D eigenvalue weighted by Crippen LogP contribution is 2.31. The molecule has 0 spiro atoms. The number of amides is 1. The van der Waals surface area contributed by atoms with Crippen LogP contribution in [-0.2, 0) is 22.5 Å². The summed E-state index contributed by atoms with van der Waals surface area (Å²) in [5.41, 5.74) is 0.762. The van der Waals surface area contributed by atoms with E-state index in [1.54, 1.807) is 15.9 Å². The van der Waals surface area contributed by atoms with Crippen molar-refractivity contribution < 1.29 is 9.53 Å². The molecule has 1 fully saturated rings. The van der Waals surface area contributed by atoms with Crippen LogP contribution in [0.5, 0.6) is 0 Å². The van der Waals surface area contributed by atoms with Crippen LogP contribution in [0.1, 0.15) is 57.9 Å². The maximum absolute atomic E-state index is 13.5. The van der Waals surface area contributed by atoms with E-state index in [4.69, 9.17) is 9.72 Å². The summed E-state index contributed by atoms with van der Waals surface area (Å²) in [7, 11) is 0. The Balaban J connectivity index is 2.02. The first-order valence-electron chi connectivity index (χ1n) is 10.2. The van der Waals surface area contributed by atoms with E-state index in [2.05, 4.69) is 12.2 Å². The molecule has 0 bridgehead atoms. The van der Waals surface area contributed by atoms with Crippen LogP contribution in [0.3, 0.4) is 0 Å². The van der Waals surface area contributed by atoms with Gasteiger partial charge in [0.2, 0.25) is 5.91 Å². The standard InChI is InChI=1S/C21H31N3O3S2/c1-7-15-12(2)28-18-16(15)19(26)24(11-14-9-8-10-27-14)20(22-18)29-13(3)17(25)23-21(4,5)6/h13-14H,7-11H2,1-6H3,(H,23,25). The monoisotopic (exact) mass is 437 g/mol. The van der Waals surface area contributed by atoms with E-state index in [0.717, 1.165) is 46.5 Å². The van der Waals surface area contributed by atoms with Gasteiger partial charge in [-0.15, -0.1) is 11.3 Å². The number of thioether (sulfide) groups is 1. The van der Waals surface area contributed by atoms with Crippen molar-refractivity contribution in [3.8, 4) is 0 Å². The van der Waals surface area contributed by atoms with E-state index >= 15 is 0 Å². The second-order valence-electron chi connectivity index (χ2n) is 8.62. The fourth-order valence-electron chi connectivity index (χ4n) is 3.58. The molecule has 6 nitrogen and oxygen atoms in total. The SMILES string of the molecule is CCc1c(C)sc2nc(SC(C)C(=O)NC(C)(C)C)n(CC3CCCO3)c(=O)c12. The molecule has 160 valence electrons. The molecule has 0 aromatic carbocycles. The Morgan fingerprint density at radius 1 is 1.45 bits per heavy atom. The molecule has 3 heterocycles. The number of carbonyl (C=O) groups excluding carboxylic acids is 1. The van der Waals surface area contributed by atoms with Gasteiger partial charge >= 0.3 is 0 Å². The average Bonchev–Trinajstić information content (AvgIpc) is 3.23. The molecule has 2 atom stereocenters. The average molecular weight is 438 g/mol. The zero-order valence-corrected chi connectivity index (χ0v) is 19.8. The van der Waals surface area contributed by atoms with Gasteiger partial charge in [0.15, 0.2) is 5.16 Å². The summed E-state index contributed by atoms with van der Waals surface area (Å²) in [6, 6.07) is 0. The zero-order valence-electron chi connectivity index (χ0n) is 18.1. The minimum Gasteiger partial charge on any atom is -0.376 e. The fourth-order valence-corrected chi connectivity index (χ4v) is 5.66. The predicted molar refractivity (Wildman–Crippen MR) is 120 cm³/mol. The molecule has 2 aromatic heterocycles. The molecular weight excluding hydrogens is 406 g/mol. The molecule has 0 radical (unpaired) electrons. The Kier molecular flexibility index (Phi) is 6.75. The number of aryl methyl sites for hydroxylation is 2. The number of rotatable bonds is 6. The van der Waals surface area contributed by atoms with Crippen LogP contribution in [-0.4, -0.2) is 39.0 Å². The lowest BCUT2D eigenvalue weighted by molar-refractivity contribution is -0.121. The summed E-state index contributed by atoms with van der Waals surface area (Å²) in [4.78, 5) is 32.8. The van der Waals surface area contributed by atoms with Gasteiger partial charge in [0.05, 0.1) is 23.3 Å². The van der Waals surface area contributed by atoms with Gasteiger partial charge in [-0.05, 0) is 59.4 Å². The molecule has 1 aliphatic rings. The summed E-state index contributed by atoms with van der Waals surface area (Å²) < 4.78 is 7.52. The van der Waals surface area contributed by atoms with Crippen LogP contribution in [0.2, 0.25) is 0 Å². The Bertz CT molecular complexity index is 953. The van der Waals surface area contributed by atoms with Gasteiger partial charge in [0.1, 0.15) is 4.83 Å². The first kappa shape index (κ1) is 22.3. The minimum atomic E-state index is -0.360. The highest BCUT2D eigenvalue weighted by molar-refractivity contribution is 8.00. The number of hydrogen-bond donors (Lipinski definition) is 1. The number of hydrogen-bond acceptors (Lipinski definition) is 6. The van der Waals surface area contributed by atoms with Crippen LogP contribution in [0.15, 0.2) is 9.95 Å². The normalized spacial score (nSPS) is 18.3. The zero-order chi connectivity index (χ0) is 21.3. The Hall–Kier alpha value is -1.38. The Morgan fingerprint density at radius 3 is 2.76 bits per heavy atom. The van der Waals surface area contributed by atoms with Gasteiger partial charge in [-0.25, -0.2) is 4.98 Å². The number of aromatic nitrogens is 2. The number of carbonyl (C=O) groups is 1. The fraction of sp³-hybridized carbons (Fsp3) is 0.667. The Labute approximate surface area is 180 Å². The third-order valence-corrected chi connectivity index (χ3v) is 7.12. The van der Waals surface area contributed by atoms with Crippen molar-refractivity contribution in [2.24, 2.45) is 0 Å². The third-order valence-electron chi connectivity index (χ3n) is 4.99. The number of nitrogens with zero attached hydrogens (tertiary/aromatic N) is 2. The van der Waals surface area contributed by atoms with Gasteiger partial charge in [-0.1, -0.05) is 18.7 Å². The summed E-state index contributed by atoms with van der Waals surface area (Å²) in [5.74, 6) is -0.0582. The maximum Gasteiger partial charge on any atom is 0.263 e. The molecule has 1 aliphatic heterocycles. The lowest BCUT2D eigenvalue weighted by Crippen LogP contribution is -2.44. The van der Waals surface area contributed by atoms with E-state index in [9.17, 15) is 9.59 Å². The summed E-state index contributed by atoms with van der Waals surface area (Å²) in [6.07, 6.45) is 2.78. The molecule has 2 aromatic rings. The van der Waals surface area contributed by atoms with Gasteiger partial charge in [0.25, 0.3) is 5.56 Å². The summed E-state index contributed by atoms with van der Waals surface area (Å²) in [5, 5.41) is 3.97. The van der Waals surface area contributed by atoms with Crippen molar-refractivity contribution in [3.05, 3.63) is 20.8 Å². The predicted octanol–water partition coefficient (Wildman–Crippen LogP) is 3.90. The van der Waals surface area contributed by atoms with Crippen LogP contribution < -0.4 is 10.9 Å². The molecular formula is C21H31N3O3S2. The first-order chi connectivity index (χ1) is 13.6. The van der Waals surface area contributed by atoms with E-state index in [1.807, 2.05) is 34.6 Å². The minimum absolute atomic E-state index is 0.0161. The molecule has 1 saturated heterocycles. The second-order valence-corrected chi connectivity index (χ2v) is 11.1. The summed E-state index contributed by atoms with van der Waals surface area (Å²) >= 11 is 2.90. The van der Waals surface area contributed by atoms with Crippen molar-refractivity contribution in [1.29, 1.82) is 0 Å². The van der Waals surface area contributed by atoms with Gasteiger partial charge in [-0.3, -0.25) is 14.2 Å². The van der Waals surface area contributed by atoms with Gasteiger partial charge in [0, 0.05) is 17.0 Å². The van der Waals surface area contributed by atoms with Crippen molar-refractivity contribution in [1.82, 2.24) is 14.9 Å². The van der Waals surface area contributed by atoms with E-state index in [0.29, 0.717) is 11.7 Å². The highest BCUT2D eigenvalue weighted by Gasteiger charge is 2.26. The van der Waals surface area contributed by atoms with Crippen molar-refractivity contribution in [2.75, 3.05) is 6.61 Å². The van der Waals surface area contributed by atoms with Crippen molar-refractivity contribution in [3.63, 3.8) is 0 Å². The molecule has 2 unspecified atom stereocenters. The van der Waals surface area contributed by atoms with E-state index < -0.39 is 0 Å².